The summed E-state index contributed by atoms with van der Waals surface area (Å²) in [5.74, 6) is 1.01. The second-order valence-corrected chi connectivity index (χ2v) is 8.38. The van der Waals surface area contributed by atoms with E-state index >= 15 is 0 Å². The maximum atomic E-state index is 12.8. The van der Waals surface area contributed by atoms with E-state index in [9.17, 15) is 4.79 Å². The van der Waals surface area contributed by atoms with Gasteiger partial charge in [0, 0.05) is 37.1 Å². The van der Waals surface area contributed by atoms with Gasteiger partial charge >= 0.3 is 0 Å². The predicted octanol–water partition coefficient (Wildman–Crippen LogP) is 2.55. The predicted molar refractivity (Wildman–Crippen MR) is 109 cm³/mol. The molecule has 8 nitrogen and oxygen atoms in total. The summed E-state index contributed by atoms with van der Waals surface area (Å²) in [4.78, 5) is 28.1. The van der Waals surface area contributed by atoms with E-state index in [0.717, 1.165) is 50.2 Å². The third kappa shape index (κ3) is 3.49. The molecule has 0 spiro atoms. The van der Waals surface area contributed by atoms with Crippen molar-refractivity contribution >= 4 is 28.0 Å². The first-order chi connectivity index (χ1) is 14.0. The molecule has 29 heavy (non-hydrogen) atoms. The Morgan fingerprint density at radius 1 is 1.10 bits per heavy atom. The van der Waals surface area contributed by atoms with Gasteiger partial charge in [0.2, 0.25) is 5.91 Å². The van der Waals surface area contributed by atoms with Crippen molar-refractivity contribution in [2.75, 3.05) is 6.54 Å². The number of hydrogen-bond acceptors (Lipinski definition) is 7. The van der Waals surface area contributed by atoms with Crippen LogP contribution >= 0.6 is 11.3 Å². The highest BCUT2D eigenvalue weighted by molar-refractivity contribution is 7.14. The van der Waals surface area contributed by atoms with E-state index in [1.165, 1.54) is 11.3 Å². The minimum Gasteiger partial charge on any atom is -0.333 e. The molecule has 0 aliphatic carbocycles. The highest BCUT2D eigenvalue weighted by atomic mass is 32.1. The van der Waals surface area contributed by atoms with Crippen molar-refractivity contribution < 1.29 is 4.79 Å². The molecule has 146 valence electrons. The third-order valence-electron chi connectivity index (χ3n) is 5.01. The average molecular weight is 405 g/mol. The Morgan fingerprint density at radius 3 is 2.79 bits per heavy atom. The number of rotatable bonds is 3. The maximum absolute atomic E-state index is 12.8. The molecule has 0 saturated carbocycles. The monoisotopic (exact) mass is 405 g/mol. The van der Waals surface area contributed by atoms with Gasteiger partial charge in [0.25, 0.3) is 0 Å². The Hall–Kier alpha value is -3.20. The minimum atomic E-state index is 0.0674. The second-order valence-electron chi connectivity index (χ2n) is 7.20. The quantitative estimate of drug-likeness (QED) is 0.520. The van der Waals surface area contributed by atoms with Crippen molar-refractivity contribution in [1.29, 1.82) is 0 Å². The summed E-state index contributed by atoms with van der Waals surface area (Å²) in [5, 5.41) is 11.8. The number of fused-ring (bicyclic) bond motifs is 2. The Bertz CT molecular complexity index is 1230. The van der Waals surface area contributed by atoms with Gasteiger partial charge in [-0.15, -0.1) is 10.2 Å². The molecule has 9 heteroatoms. The van der Waals surface area contributed by atoms with Crippen LogP contribution in [0.3, 0.4) is 0 Å². The van der Waals surface area contributed by atoms with Gasteiger partial charge in [-0.2, -0.15) is 0 Å². The smallest absolute Gasteiger partial charge is 0.229 e. The first kappa shape index (κ1) is 17.9. The summed E-state index contributed by atoms with van der Waals surface area (Å²) >= 11 is 1.51. The zero-order valence-corrected chi connectivity index (χ0v) is 17.0. The zero-order valence-electron chi connectivity index (χ0n) is 16.2. The zero-order chi connectivity index (χ0) is 20.0. The van der Waals surface area contributed by atoms with E-state index in [1.807, 2.05) is 37.1 Å². The van der Waals surface area contributed by atoms with Crippen molar-refractivity contribution in [2.45, 2.75) is 33.4 Å². The van der Waals surface area contributed by atoms with Crippen LogP contribution in [0.15, 0.2) is 30.7 Å². The van der Waals surface area contributed by atoms with E-state index in [2.05, 4.69) is 29.7 Å². The highest BCUT2D eigenvalue weighted by Gasteiger charge is 2.22. The SMILES string of the molecule is Cc1cn2c(n1)CN(C(=O)Cc1cc3cc(-c4nnc(C)s4)ncc3cn1)CC2. The molecule has 0 aromatic carbocycles. The molecular formula is C20H19N7OS. The van der Waals surface area contributed by atoms with E-state index in [0.29, 0.717) is 13.1 Å². The van der Waals surface area contributed by atoms with Crippen LogP contribution in [0.2, 0.25) is 0 Å². The van der Waals surface area contributed by atoms with Crippen LogP contribution in [0.25, 0.3) is 21.5 Å². The number of hydrogen-bond donors (Lipinski definition) is 0. The molecular weight excluding hydrogens is 386 g/mol. The Balaban J connectivity index is 1.36. The minimum absolute atomic E-state index is 0.0674. The molecule has 0 bridgehead atoms. The second kappa shape index (κ2) is 7.00. The molecule has 4 aromatic heterocycles. The summed E-state index contributed by atoms with van der Waals surface area (Å²) in [6.07, 6.45) is 5.86. The topological polar surface area (TPSA) is 89.7 Å². The van der Waals surface area contributed by atoms with Crippen LogP contribution < -0.4 is 0 Å². The third-order valence-corrected chi connectivity index (χ3v) is 5.87. The van der Waals surface area contributed by atoms with Crippen LogP contribution in [0.1, 0.15) is 22.2 Å². The summed E-state index contributed by atoms with van der Waals surface area (Å²) in [7, 11) is 0. The molecule has 5 rings (SSSR count). The fourth-order valence-corrected chi connectivity index (χ4v) is 4.23. The van der Waals surface area contributed by atoms with E-state index < -0.39 is 0 Å². The molecule has 0 atom stereocenters. The van der Waals surface area contributed by atoms with Gasteiger partial charge in [0.05, 0.1) is 24.4 Å². The molecule has 1 aliphatic rings. The van der Waals surface area contributed by atoms with Gasteiger partial charge in [-0.1, -0.05) is 11.3 Å². The van der Waals surface area contributed by atoms with E-state index in [-0.39, 0.29) is 12.3 Å². The van der Waals surface area contributed by atoms with Crippen LogP contribution in [0.5, 0.6) is 0 Å². The number of carbonyl (C=O) groups excluding carboxylic acids is 1. The fraction of sp³-hybridized carbons (Fsp3) is 0.300. The highest BCUT2D eigenvalue weighted by Crippen LogP contribution is 2.25. The number of carbonyl (C=O) groups is 1. The molecule has 1 aliphatic heterocycles. The molecule has 5 heterocycles. The van der Waals surface area contributed by atoms with Crippen molar-refractivity contribution in [2.24, 2.45) is 0 Å². The lowest BCUT2D eigenvalue weighted by atomic mass is 10.1. The van der Waals surface area contributed by atoms with Gasteiger partial charge in [-0.3, -0.25) is 14.8 Å². The molecule has 0 unspecified atom stereocenters. The molecule has 4 aromatic rings. The van der Waals surface area contributed by atoms with E-state index in [1.54, 1.807) is 12.4 Å². The average Bonchev–Trinajstić information content (AvgIpc) is 3.31. The van der Waals surface area contributed by atoms with Gasteiger partial charge in [0.15, 0.2) is 5.01 Å². The standard InChI is InChI=1S/C20H19N7OS/c1-12-10-26-3-4-27(11-18(26)23-12)19(28)7-16-5-14-6-17(20-25-24-13(2)29-20)22-9-15(14)8-21-16/h5-6,8-10H,3-4,7,11H2,1-2H3. The van der Waals surface area contributed by atoms with Crippen molar-refractivity contribution in [3.63, 3.8) is 0 Å². The van der Waals surface area contributed by atoms with Crippen molar-refractivity contribution in [3.05, 3.63) is 52.9 Å². The molecule has 0 saturated heterocycles. The van der Waals surface area contributed by atoms with Crippen molar-refractivity contribution in [3.8, 4) is 10.7 Å². The van der Waals surface area contributed by atoms with Gasteiger partial charge in [-0.25, -0.2) is 4.98 Å². The molecule has 0 N–H and O–H groups in total. The Labute approximate surface area is 171 Å². The number of aryl methyl sites for hydroxylation is 2. The number of imidazole rings is 1. The lowest BCUT2D eigenvalue weighted by molar-refractivity contribution is -0.132. The van der Waals surface area contributed by atoms with Gasteiger partial charge < -0.3 is 9.47 Å². The van der Waals surface area contributed by atoms with Crippen LogP contribution in [-0.2, 0) is 24.3 Å². The summed E-state index contributed by atoms with van der Waals surface area (Å²) in [6.45, 7) is 5.92. The number of pyridine rings is 2. The van der Waals surface area contributed by atoms with E-state index in [4.69, 9.17) is 0 Å². The number of nitrogens with zero attached hydrogens (tertiary/aromatic N) is 7. The largest absolute Gasteiger partial charge is 0.333 e. The Kier molecular flexibility index (Phi) is 4.31. The Morgan fingerprint density at radius 2 is 1.97 bits per heavy atom. The fourth-order valence-electron chi connectivity index (χ4n) is 3.57. The van der Waals surface area contributed by atoms with Crippen LogP contribution in [-0.4, -0.2) is 47.1 Å². The maximum Gasteiger partial charge on any atom is 0.229 e. The summed E-state index contributed by atoms with van der Waals surface area (Å²) in [5.41, 5.74) is 2.52. The first-order valence-electron chi connectivity index (χ1n) is 9.41. The van der Waals surface area contributed by atoms with Crippen LogP contribution in [0.4, 0.5) is 0 Å². The summed E-state index contributed by atoms with van der Waals surface area (Å²) in [6, 6.07) is 3.94. The first-order valence-corrected chi connectivity index (χ1v) is 10.2. The van der Waals surface area contributed by atoms with Crippen LogP contribution in [0, 0.1) is 13.8 Å². The molecule has 1 amide bonds. The van der Waals surface area contributed by atoms with Gasteiger partial charge in [-0.05, 0) is 31.4 Å². The lowest BCUT2D eigenvalue weighted by Gasteiger charge is -2.27. The van der Waals surface area contributed by atoms with Gasteiger partial charge in [0.1, 0.15) is 16.5 Å². The molecule has 0 fully saturated rings. The lowest BCUT2D eigenvalue weighted by Crippen LogP contribution is -2.39. The number of amides is 1. The normalized spacial score (nSPS) is 13.7. The summed E-state index contributed by atoms with van der Waals surface area (Å²) < 4.78 is 2.12. The molecule has 0 radical (unpaired) electrons. The number of aromatic nitrogens is 6. The van der Waals surface area contributed by atoms with Crippen molar-refractivity contribution in [1.82, 2.24) is 34.6 Å².